The first-order valence-corrected chi connectivity index (χ1v) is 6.64. The van der Waals surface area contributed by atoms with Gasteiger partial charge in [0.15, 0.2) is 17.5 Å². The second-order valence-corrected chi connectivity index (χ2v) is 4.51. The molecule has 0 unspecified atom stereocenters. The number of hydrogen-bond donors (Lipinski definition) is 2. The Kier molecular flexibility index (Phi) is 7.36. The van der Waals surface area contributed by atoms with E-state index in [1.807, 2.05) is 6.07 Å². The summed E-state index contributed by atoms with van der Waals surface area (Å²) in [6, 6.07) is 5.06. The van der Waals surface area contributed by atoms with Crippen LogP contribution in [0.4, 0.5) is 4.39 Å². The summed E-state index contributed by atoms with van der Waals surface area (Å²) in [5.74, 6) is 0.822. The lowest BCUT2D eigenvalue weighted by molar-refractivity contribution is 0.386. The Morgan fingerprint density at radius 1 is 1.40 bits per heavy atom. The van der Waals surface area contributed by atoms with Gasteiger partial charge < -0.3 is 15.4 Å². The molecule has 0 fully saturated rings. The van der Waals surface area contributed by atoms with Gasteiger partial charge in [-0.1, -0.05) is 6.07 Å². The molecule has 0 aliphatic carbocycles. The average molecular weight is 346 g/mol. The molecule has 1 aliphatic heterocycles. The number of guanidine groups is 1. The molecular weight excluding hydrogens is 325 g/mol. The van der Waals surface area contributed by atoms with E-state index in [9.17, 15) is 4.39 Å². The van der Waals surface area contributed by atoms with Crippen molar-refractivity contribution in [2.45, 2.75) is 19.3 Å². The topological polar surface area (TPSA) is 45.6 Å². The molecule has 6 heteroatoms. The minimum Gasteiger partial charge on any atom is -0.494 e. The van der Waals surface area contributed by atoms with Crippen LogP contribution in [0.2, 0.25) is 0 Å². The molecule has 0 radical (unpaired) electrons. The highest BCUT2D eigenvalue weighted by Gasteiger charge is 2.05. The number of aliphatic imine (C=N–C) groups is 1. The lowest BCUT2D eigenvalue weighted by atomic mass is 10.1. The fourth-order valence-corrected chi connectivity index (χ4v) is 2.00. The van der Waals surface area contributed by atoms with E-state index in [1.54, 1.807) is 6.07 Å². The molecule has 0 bridgehead atoms. The molecule has 2 N–H and O–H groups in total. The largest absolute Gasteiger partial charge is 0.494 e. The van der Waals surface area contributed by atoms with E-state index in [-0.39, 0.29) is 28.5 Å². The Balaban J connectivity index is 0.00000200. The molecule has 0 aromatic heterocycles. The summed E-state index contributed by atoms with van der Waals surface area (Å²) in [6.07, 6.45) is 3.03. The molecule has 1 aliphatic rings. The number of hydrogen-bond acceptors (Lipinski definition) is 4. The van der Waals surface area contributed by atoms with Gasteiger partial charge in [0.2, 0.25) is 0 Å². The number of benzene rings is 1. The highest BCUT2D eigenvalue weighted by atomic mass is 79.9. The van der Waals surface area contributed by atoms with Gasteiger partial charge >= 0.3 is 0 Å². The Morgan fingerprint density at radius 2 is 2.25 bits per heavy atom. The molecular formula is C14H21BrFN3O. The third-order valence-electron chi connectivity index (χ3n) is 3.07. The van der Waals surface area contributed by atoms with Gasteiger partial charge in [-0.2, -0.15) is 0 Å². The minimum atomic E-state index is -0.315. The maximum atomic E-state index is 13.5. The number of rotatable bonds is 4. The zero-order valence-electron chi connectivity index (χ0n) is 11.6. The third-order valence-corrected chi connectivity index (χ3v) is 3.07. The van der Waals surface area contributed by atoms with Crippen molar-refractivity contribution >= 4 is 22.9 Å². The number of halogens is 2. The maximum Gasteiger partial charge on any atom is 0.191 e. The quantitative estimate of drug-likeness (QED) is 0.879. The van der Waals surface area contributed by atoms with Gasteiger partial charge in [-0.15, -0.1) is 17.0 Å². The predicted octanol–water partition coefficient (Wildman–Crippen LogP) is 2.28. The molecule has 0 saturated carbocycles. The van der Waals surface area contributed by atoms with Crippen LogP contribution in [0.25, 0.3) is 0 Å². The molecule has 4 nitrogen and oxygen atoms in total. The maximum absolute atomic E-state index is 13.5. The van der Waals surface area contributed by atoms with Crippen LogP contribution in [0, 0.1) is 5.82 Å². The number of ether oxygens (including phenoxy) is 1. The van der Waals surface area contributed by atoms with Crippen LogP contribution in [0.1, 0.15) is 18.4 Å². The molecule has 20 heavy (non-hydrogen) atoms. The third kappa shape index (κ3) is 5.00. The number of methoxy groups -OCH3 is 1. The molecule has 0 saturated heterocycles. The van der Waals surface area contributed by atoms with Crippen molar-refractivity contribution in [2.75, 3.05) is 26.7 Å². The minimum absolute atomic E-state index is 0. The zero-order chi connectivity index (χ0) is 13.5. The van der Waals surface area contributed by atoms with E-state index in [0.29, 0.717) is 0 Å². The summed E-state index contributed by atoms with van der Waals surface area (Å²) in [5.41, 5.74) is 0.944. The van der Waals surface area contributed by atoms with Crippen molar-refractivity contribution in [1.82, 2.24) is 10.6 Å². The van der Waals surface area contributed by atoms with Crippen molar-refractivity contribution in [3.05, 3.63) is 29.6 Å². The van der Waals surface area contributed by atoms with Crippen molar-refractivity contribution in [1.29, 1.82) is 0 Å². The van der Waals surface area contributed by atoms with Crippen LogP contribution >= 0.6 is 17.0 Å². The fraction of sp³-hybridized carbons (Fsp3) is 0.500. The van der Waals surface area contributed by atoms with Crippen molar-refractivity contribution in [3.8, 4) is 5.75 Å². The van der Waals surface area contributed by atoms with E-state index >= 15 is 0 Å². The van der Waals surface area contributed by atoms with Gasteiger partial charge in [0.25, 0.3) is 0 Å². The van der Waals surface area contributed by atoms with E-state index in [0.717, 1.165) is 50.4 Å². The van der Waals surface area contributed by atoms with Crippen LogP contribution in [0.5, 0.6) is 5.75 Å². The molecule has 0 amide bonds. The van der Waals surface area contributed by atoms with Crippen molar-refractivity contribution < 1.29 is 9.13 Å². The van der Waals surface area contributed by atoms with E-state index in [4.69, 9.17) is 4.74 Å². The number of nitrogens with one attached hydrogen (secondary N) is 2. The fourth-order valence-electron chi connectivity index (χ4n) is 2.00. The highest BCUT2D eigenvalue weighted by Crippen LogP contribution is 2.17. The Labute approximate surface area is 129 Å². The second kappa shape index (κ2) is 8.79. The first-order chi connectivity index (χ1) is 9.29. The van der Waals surface area contributed by atoms with Gasteiger partial charge in [0.1, 0.15) is 0 Å². The highest BCUT2D eigenvalue weighted by molar-refractivity contribution is 8.93. The normalized spacial score (nSPS) is 14.4. The van der Waals surface area contributed by atoms with Gasteiger partial charge in [0.05, 0.1) is 7.11 Å². The molecule has 0 atom stereocenters. The van der Waals surface area contributed by atoms with Crippen LogP contribution in [0.15, 0.2) is 23.2 Å². The standard InChI is InChI=1S/C14H20FN3O.BrH/c1-19-13-5-4-11(10-12(13)15)6-9-18-14-16-7-2-3-8-17-14;/h4-5,10H,2-3,6-9H2,1H3,(H2,16,17,18);1H. The summed E-state index contributed by atoms with van der Waals surface area (Å²) < 4.78 is 18.4. The average Bonchev–Trinajstić information content (AvgIpc) is 2.68. The monoisotopic (exact) mass is 345 g/mol. The number of nitrogens with zero attached hydrogens (tertiary/aromatic N) is 1. The Hall–Kier alpha value is -1.30. The molecule has 112 valence electrons. The van der Waals surface area contributed by atoms with E-state index < -0.39 is 0 Å². The summed E-state index contributed by atoms with van der Waals surface area (Å²) >= 11 is 0. The first kappa shape index (κ1) is 16.8. The van der Waals surface area contributed by atoms with Crippen LogP contribution in [0.3, 0.4) is 0 Å². The van der Waals surface area contributed by atoms with Crippen LogP contribution < -0.4 is 15.4 Å². The zero-order valence-corrected chi connectivity index (χ0v) is 13.3. The van der Waals surface area contributed by atoms with Gasteiger partial charge in [-0.25, -0.2) is 4.39 Å². The first-order valence-electron chi connectivity index (χ1n) is 6.64. The van der Waals surface area contributed by atoms with Crippen LogP contribution in [-0.4, -0.2) is 32.7 Å². The molecule has 1 heterocycles. The summed E-state index contributed by atoms with van der Waals surface area (Å²) in [5, 5.41) is 6.49. The SMILES string of the molecule is Br.COc1ccc(CCNC2=NCCCCN2)cc1F. The Morgan fingerprint density at radius 3 is 3.00 bits per heavy atom. The summed E-state index contributed by atoms with van der Waals surface area (Å²) in [7, 11) is 1.47. The van der Waals surface area contributed by atoms with Crippen molar-refractivity contribution in [3.63, 3.8) is 0 Å². The predicted molar refractivity (Wildman–Crippen MR) is 84.5 cm³/mol. The molecule has 1 aromatic carbocycles. The smallest absolute Gasteiger partial charge is 0.191 e. The summed E-state index contributed by atoms with van der Waals surface area (Å²) in [6.45, 7) is 2.56. The van der Waals surface area contributed by atoms with Crippen LogP contribution in [-0.2, 0) is 6.42 Å². The van der Waals surface area contributed by atoms with Gasteiger partial charge in [-0.05, 0) is 37.0 Å². The van der Waals surface area contributed by atoms with Gasteiger partial charge in [0, 0.05) is 19.6 Å². The molecule has 1 aromatic rings. The molecule has 2 rings (SSSR count). The second-order valence-electron chi connectivity index (χ2n) is 4.51. The van der Waals surface area contributed by atoms with Crippen molar-refractivity contribution in [2.24, 2.45) is 4.99 Å². The van der Waals surface area contributed by atoms with Gasteiger partial charge in [-0.3, -0.25) is 4.99 Å². The molecule has 0 spiro atoms. The Bertz CT molecular complexity index is 454. The lowest BCUT2D eigenvalue weighted by Gasteiger charge is -2.10. The lowest BCUT2D eigenvalue weighted by Crippen LogP contribution is -2.38. The van der Waals surface area contributed by atoms with E-state index in [2.05, 4.69) is 15.6 Å². The summed E-state index contributed by atoms with van der Waals surface area (Å²) in [4.78, 5) is 4.40. The van der Waals surface area contributed by atoms with E-state index in [1.165, 1.54) is 13.2 Å².